The highest BCUT2D eigenvalue weighted by Gasteiger charge is 2.44. The Kier molecular flexibility index (Phi) is 3.95. The zero-order valence-electron chi connectivity index (χ0n) is 12.7. The summed E-state index contributed by atoms with van der Waals surface area (Å²) in [5.41, 5.74) is 1.16. The summed E-state index contributed by atoms with van der Waals surface area (Å²) < 4.78 is 11.4. The minimum atomic E-state index is -0.224. The third-order valence-corrected chi connectivity index (χ3v) is 4.44. The Hall–Kier alpha value is -1.46. The maximum absolute atomic E-state index is 12.6. The van der Waals surface area contributed by atoms with Gasteiger partial charge in [0.15, 0.2) is 0 Å². The lowest BCUT2D eigenvalue weighted by Crippen LogP contribution is -2.50. The molecule has 1 aromatic heterocycles. The fraction of sp³-hybridized carbons (Fsp3) is 0.625. The Morgan fingerprint density at radius 3 is 3.10 bits per heavy atom. The Bertz CT molecular complexity index is 534. The molecule has 3 heterocycles. The maximum atomic E-state index is 12.6. The summed E-state index contributed by atoms with van der Waals surface area (Å²) in [6.45, 7) is 3.94. The number of ether oxygens (including phenoxy) is 2. The number of methoxy groups -OCH3 is 1. The molecule has 0 unspecified atom stereocenters. The molecule has 2 saturated heterocycles. The fourth-order valence-electron chi connectivity index (χ4n) is 3.33. The number of likely N-dealkylation sites (tertiary alicyclic amines) is 1. The van der Waals surface area contributed by atoms with Gasteiger partial charge >= 0.3 is 0 Å². The molecule has 2 aliphatic heterocycles. The van der Waals surface area contributed by atoms with Crippen molar-refractivity contribution < 1.29 is 14.3 Å². The van der Waals surface area contributed by atoms with E-state index in [1.165, 1.54) is 0 Å². The lowest BCUT2D eigenvalue weighted by molar-refractivity contribution is -0.0459. The summed E-state index contributed by atoms with van der Waals surface area (Å²) in [5.74, 6) is 0.00208. The first kappa shape index (κ1) is 14.5. The molecule has 0 bridgehead atoms. The molecule has 0 aliphatic carbocycles. The second-order valence-corrected chi connectivity index (χ2v) is 6.05. The number of amides is 1. The van der Waals surface area contributed by atoms with Crippen molar-refractivity contribution >= 4 is 5.91 Å². The average molecular weight is 290 g/mol. The molecular weight excluding hydrogens is 268 g/mol. The molecule has 0 radical (unpaired) electrons. The number of aromatic nitrogens is 1. The fourth-order valence-corrected chi connectivity index (χ4v) is 3.33. The molecule has 0 N–H and O–H groups in total. The van der Waals surface area contributed by atoms with Gasteiger partial charge in [0, 0.05) is 25.8 Å². The summed E-state index contributed by atoms with van der Waals surface area (Å²) in [6.07, 6.45) is 2.98. The molecule has 2 aliphatic rings. The number of hydrogen-bond donors (Lipinski definition) is 0. The van der Waals surface area contributed by atoms with E-state index in [-0.39, 0.29) is 17.6 Å². The van der Waals surface area contributed by atoms with E-state index in [0.29, 0.717) is 18.8 Å². The number of carbonyl (C=O) groups is 1. The Morgan fingerprint density at radius 1 is 1.52 bits per heavy atom. The summed E-state index contributed by atoms with van der Waals surface area (Å²) in [7, 11) is 1.72. The van der Waals surface area contributed by atoms with Crippen molar-refractivity contribution in [3.8, 4) is 0 Å². The maximum Gasteiger partial charge on any atom is 0.272 e. The first-order valence-corrected chi connectivity index (χ1v) is 7.52. The minimum Gasteiger partial charge on any atom is -0.379 e. The number of aryl methyl sites for hydroxylation is 1. The van der Waals surface area contributed by atoms with Crippen LogP contribution in [0.4, 0.5) is 0 Å². The number of hydrogen-bond acceptors (Lipinski definition) is 4. The first-order valence-electron chi connectivity index (χ1n) is 7.52. The van der Waals surface area contributed by atoms with Crippen LogP contribution in [0.3, 0.4) is 0 Å². The summed E-state index contributed by atoms with van der Waals surface area (Å²) in [6, 6.07) is 5.56. The van der Waals surface area contributed by atoms with Gasteiger partial charge in [-0.1, -0.05) is 6.07 Å². The number of nitrogens with zero attached hydrogens (tertiary/aromatic N) is 2. The molecule has 21 heavy (non-hydrogen) atoms. The highest BCUT2D eigenvalue weighted by Crippen LogP contribution is 2.35. The van der Waals surface area contributed by atoms with Gasteiger partial charge in [-0.3, -0.25) is 4.79 Å². The van der Waals surface area contributed by atoms with Crippen LogP contribution >= 0.6 is 0 Å². The topological polar surface area (TPSA) is 51.7 Å². The Labute approximate surface area is 125 Å². The van der Waals surface area contributed by atoms with Gasteiger partial charge in [0.05, 0.1) is 24.9 Å². The molecular formula is C16H22N2O3. The largest absolute Gasteiger partial charge is 0.379 e. The van der Waals surface area contributed by atoms with Gasteiger partial charge in [-0.05, 0) is 31.9 Å². The summed E-state index contributed by atoms with van der Waals surface area (Å²) >= 11 is 0. The van der Waals surface area contributed by atoms with Gasteiger partial charge in [0.1, 0.15) is 5.69 Å². The Morgan fingerprint density at radius 2 is 2.38 bits per heavy atom. The highest BCUT2D eigenvalue weighted by molar-refractivity contribution is 5.92. The molecule has 1 amide bonds. The van der Waals surface area contributed by atoms with E-state index in [4.69, 9.17) is 9.47 Å². The van der Waals surface area contributed by atoms with Crippen LogP contribution in [-0.4, -0.2) is 54.3 Å². The van der Waals surface area contributed by atoms with Crippen LogP contribution in [-0.2, 0) is 9.47 Å². The van der Waals surface area contributed by atoms with E-state index in [0.717, 1.165) is 31.5 Å². The van der Waals surface area contributed by atoms with Crippen LogP contribution in [0.25, 0.3) is 0 Å². The van der Waals surface area contributed by atoms with Crippen LogP contribution in [0.2, 0.25) is 0 Å². The van der Waals surface area contributed by atoms with Crippen molar-refractivity contribution in [2.75, 3.05) is 26.8 Å². The van der Waals surface area contributed by atoms with E-state index in [1.54, 1.807) is 13.2 Å². The predicted molar refractivity (Wildman–Crippen MR) is 78.2 cm³/mol. The smallest absolute Gasteiger partial charge is 0.272 e. The molecule has 5 heteroatoms. The van der Waals surface area contributed by atoms with Crippen LogP contribution < -0.4 is 0 Å². The van der Waals surface area contributed by atoms with E-state index < -0.39 is 0 Å². The number of piperidine rings is 1. The first-order chi connectivity index (χ1) is 10.1. The number of carbonyl (C=O) groups excluding carboxylic acids is 1. The van der Waals surface area contributed by atoms with E-state index in [1.807, 2.05) is 24.0 Å². The van der Waals surface area contributed by atoms with Crippen molar-refractivity contribution in [1.82, 2.24) is 9.88 Å². The zero-order chi connectivity index (χ0) is 14.9. The molecule has 1 aromatic rings. The van der Waals surface area contributed by atoms with Crippen LogP contribution in [0.1, 0.15) is 35.4 Å². The van der Waals surface area contributed by atoms with E-state index in [2.05, 4.69) is 4.98 Å². The van der Waals surface area contributed by atoms with Crippen LogP contribution in [0.15, 0.2) is 18.2 Å². The third kappa shape index (κ3) is 2.94. The predicted octanol–water partition coefficient (Wildman–Crippen LogP) is 1.80. The van der Waals surface area contributed by atoms with Crippen molar-refractivity contribution in [3.63, 3.8) is 0 Å². The quantitative estimate of drug-likeness (QED) is 0.833. The van der Waals surface area contributed by atoms with Gasteiger partial charge in [-0.25, -0.2) is 4.98 Å². The summed E-state index contributed by atoms with van der Waals surface area (Å²) in [4.78, 5) is 18.8. The SMILES string of the molecule is CO[C@@H]1CO[C@@]2(CCCN(C(=O)c3cccc(C)n3)C2)C1. The van der Waals surface area contributed by atoms with Gasteiger partial charge in [0.2, 0.25) is 0 Å². The zero-order valence-corrected chi connectivity index (χ0v) is 12.7. The summed E-state index contributed by atoms with van der Waals surface area (Å²) in [5, 5.41) is 0. The normalized spacial score (nSPS) is 29.0. The second-order valence-electron chi connectivity index (χ2n) is 6.05. The number of rotatable bonds is 2. The van der Waals surface area contributed by atoms with Crippen molar-refractivity contribution in [2.24, 2.45) is 0 Å². The van der Waals surface area contributed by atoms with Gasteiger partial charge < -0.3 is 14.4 Å². The molecule has 0 aromatic carbocycles. The van der Waals surface area contributed by atoms with Crippen molar-refractivity contribution in [1.29, 1.82) is 0 Å². The van der Waals surface area contributed by atoms with Crippen molar-refractivity contribution in [3.05, 3.63) is 29.6 Å². The van der Waals surface area contributed by atoms with Gasteiger partial charge in [-0.2, -0.15) is 0 Å². The van der Waals surface area contributed by atoms with Crippen LogP contribution in [0, 0.1) is 6.92 Å². The molecule has 0 saturated carbocycles. The molecule has 114 valence electrons. The minimum absolute atomic E-state index is 0.00208. The molecule has 2 atom stereocenters. The van der Waals surface area contributed by atoms with Crippen molar-refractivity contribution in [2.45, 2.75) is 37.9 Å². The van der Waals surface area contributed by atoms with Gasteiger partial charge in [-0.15, -0.1) is 0 Å². The monoisotopic (exact) mass is 290 g/mol. The second kappa shape index (κ2) is 5.73. The van der Waals surface area contributed by atoms with Gasteiger partial charge in [0.25, 0.3) is 5.91 Å². The lowest BCUT2D eigenvalue weighted by atomic mass is 9.89. The molecule has 3 rings (SSSR count). The van der Waals surface area contributed by atoms with E-state index >= 15 is 0 Å². The highest BCUT2D eigenvalue weighted by atomic mass is 16.6. The lowest BCUT2D eigenvalue weighted by Gasteiger charge is -2.39. The standard InChI is InChI=1S/C16H22N2O3/c1-12-5-3-6-14(17-12)15(19)18-8-4-7-16(11-18)9-13(20-2)10-21-16/h3,5-6,13H,4,7-11H2,1-2H3/t13-,16-/m0/s1. The molecule has 1 spiro atoms. The molecule has 5 nitrogen and oxygen atoms in total. The third-order valence-electron chi connectivity index (χ3n) is 4.44. The van der Waals surface area contributed by atoms with Crippen LogP contribution in [0.5, 0.6) is 0 Å². The molecule has 2 fully saturated rings. The number of pyridine rings is 1. The average Bonchev–Trinajstić information content (AvgIpc) is 2.89. The van der Waals surface area contributed by atoms with E-state index in [9.17, 15) is 4.79 Å². The Balaban J connectivity index is 1.73.